The summed E-state index contributed by atoms with van der Waals surface area (Å²) in [4.78, 5) is 0. The van der Waals surface area contributed by atoms with Crippen LogP contribution in [0.3, 0.4) is 0 Å². The lowest BCUT2D eigenvalue weighted by Gasteiger charge is -2.30. The predicted octanol–water partition coefficient (Wildman–Crippen LogP) is 1.33. The molecule has 1 aliphatic rings. The van der Waals surface area contributed by atoms with Crippen molar-refractivity contribution < 1.29 is 9.84 Å². The van der Waals surface area contributed by atoms with E-state index in [4.69, 9.17) is 11.2 Å². The van der Waals surface area contributed by atoms with Crippen molar-refractivity contribution in [2.45, 2.75) is 50.9 Å². The number of hydrogen-bond donors (Lipinski definition) is 1. The zero-order chi connectivity index (χ0) is 9.62. The second-order valence-electron chi connectivity index (χ2n) is 4.55. The van der Waals surface area contributed by atoms with E-state index in [9.17, 15) is 5.11 Å². The van der Waals surface area contributed by atoms with Crippen LogP contribution in [0.4, 0.5) is 0 Å². The molecule has 1 N–H and O–H groups in total. The first kappa shape index (κ1) is 9.57. The Morgan fingerprint density at radius 1 is 1.33 bits per heavy atom. The molecule has 1 rings (SSSR count). The molecule has 1 unspecified atom stereocenters. The van der Waals surface area contributed by atoms with Crippen LogP contribution >= 0.6 is 0 Å². The molecule has 0 bridgehead atoms. The van der Waals surface area contributed by atoms with Crippen LogP contribution in [0.2, 0.25) is 0 Å². The van der Waals surface area contributed by atoms with Gasteiger partial charge in [0.15, 0.2) is 5.60 Å². The normalized spacial score (nSPS) is 37.7. The Labute approximate surface area is 73.9 Å². The van der Waals surface area contributed by atoms with Crippen molar-refractivity contribution in [1.82, 2.24) is 0 Å². The minimum atomic E-state index is -1.13. The van der Waals surface area contributed by atoms with Crippen molar-refractivity contribution in [1.29, 1.82) is 0 Å². The number of ether oxygens (including phenoxy) is 1. The first-order valence-electron chi connectivity index (χ1n) is 4.13. The molecule has 0 aromatic carbocycles. The number of aliphatic hydroxyl groups is 1. The molecule has 0 radical (unpaired) electrons. The molecule has 12 heavy (non-hydrogen) atoms. The van der Waals surface area contributed by atoms with Gasteiger partial charge >= 0.3 is 0 Å². The number of rotatable bonds is 0. The fourth-order valence-electron chi connectivity index (χ4n) is 1.87. The maximum Gasteiger partial charge on any atom is 0.156 e. The highest BCUT2D eigenvalue weighted by molar-refractivity contribution is 5.21. The molecular formula is C10H16O2. The standard InChI is InChI=1S/C10H16O2/c1-6-10(11)7-8(2,3)12-9(10,4)5/h1,11H,7H2,2-5H3. The third-order valence-electron chi connectivity index (χ3n) is 2.45. The van der Waals surface area contributed by atoms with Gasteiger partial charge in [-0.25, -0.2) is 0 Å². The van der Waals surface area contributed by atoms with Crippen molar-refractivity contribution in [2.75, 3.05) is 0 Å². The Bertz CT molecular complexity index is 235. The smallest absolute Gasteiger partial charge is 0.156 e. The van der Waals surface area contributed by atoms with Crippen LogP contribution in [-0.4, -0.2) is 21.9 Å². The summed E-state index contributed by atoms with van der Waals surface area (Å²) in [6.45, 7) is 7.51. The summed E-state index contributed by atoms with van der Waals surface area (Å²) in [6, 6.07) is 0. The molecule has 0 aliphatic carbocycles. The Hall–Kier alpha value is -0.520. The van der Waals surface area contributed by atoms with E-state index in [1.165, 1.54) is 0 Å². The number of hydrogen-bond acceptors (Lipinski definition) is 2. The van der Waals surface area contributed by atoms with Crippen LogP contribution in [0.1, 0.15) is 34.1 Å². The third kappa shape index (κ3) is 1.24. The molecule has 1 fully saturated rings. The largest absolute Gasteiger partial charge is 0.374 e. The van der Waals surface area contributed by atoms with E-state index in [0.717, 1.165) is 0 Å². The first-order valence-corrected chi connectivity index (χ1v) is 4.13. The lowest BCUT2D eigenvalue weighted by molar-refractivity contribution is -0.106. The zero-order valence-electron chi connectivity index (χ0n) is 8.14. The molecule has 0 aromatic rings. The van der Waals surface area contributed by atoms with Crippen molar-refractivity contribution in [3.8, 4) is 12.3 Å². The van der Waals surface area contributed by atoms with Crippen molar-refractivity contribution in [3.63, 3.8) is 0 Å². The molecule has 1 atom stereocenters. The lowest BCUT2D eigenvalue weighted by Crippen LogP contribution is -2.44. The van der Waals surface area contributed by atoms with Crippen molar-refractivity contribution >= 4 is 0 Å². The van der Waals surface area contributed by atoms with Gasteiger partial charge in [-0.2, -0.15) is 0 Å². The van der Waals surface area contributed by atoms with Crippen LogP contribution in [0, 0.1) is 12.3 Å². The Morgan fingerprint density at radius 2 is 1.83 bits per heavy atom. The molecule has 1 saturated heterocycles. The minimum absolute atomic E-state index is 0.329. The summed E-state index contributed by atoms with van der Waals surface area (Å²) in [5.41, 5.74) is -2.10. The molecule has 1 heterocycles. The average Bonchev–Trinajstić information content (AvgIpc) is 1.98. The van der Waals surface area contributed by atoms with Crippen LogP contribution in [-0.2, 0) is 4.74 Å². The third-order valence-corrected chi connectivity index (χ3v) is 2.45. The van der Waals surface area contributed by atoms with E-state index >= 15 is 0 Å². The molecule has 2 nitrogen and oxygen atoms in total. The number of terminal acetylenes is 1. The summed E-state index contributed by atoms with van der Waals surface area (Å²) < 4.78 is 5.65. The summed E-state index contributed by atoms with van der Waals surface area (Å²) in [5.74, 6) is 2.42. The lowest BCUT2D eigenvalue weighted by atomic mass is 9.83. The fraction of sp³-hybridized carbons (Fsp3) is 0.800. The van der Waals surface area contributed by atoms with E-state index in [2.05, 4.69) is 5.92 Å². The summed E-state index contributed by atoms with van der Waals surface area (Å²) >= 11 is 0. The van der Waals surface area contributed by atoms with E-state index in [1.807, 2.05) is 27.7 Å². The summed E-state index contributed by atoms with van der Waals surface area (Å²) in [6.07, 6.45) is 5.77. The minimum Gasteiger partial charge on any atom is -0.374 e. The highest BCUT2D eigenvalue weighted by atomic mass is 16.5. The van der Waals surface area contributed by atoms with Crippen molar-refractivity contribution in [2.24, 2.45) is 0 Å². The monoisotopic (exact) mass is 168 g/mol. The zero-order valence-corrected chi connectivity index (χ0v) is 8.14. The van der Waals surface area contributed by atoms with Crippen LogP contribution in [0.25, 0.3) is 0 Å². The second-order valence-corrected chi connectivity index (χ2v) is 4.55. The predicted molar refractivity (Wildman–Crippen MR) is 47.6 cm³/mol. The van der Waals surface area contributed by atoms with Gasteiger partial charge in [0, 0.05) is 6.42 Å². The van der Waals surface area contributed by atoms with Gasteiger partial charge in [-0.1, -0.05) is 5.92 Å². The van der Waals surface area contributed by atoms with Crippen LogP contribution in [0.15, 0.2) is 0 Å². The van der Waals surface area contributed by atoms with E-state index in [-0.39, 0.29) is 5.60 Å². The molecule has 0 saturated carbocycles. The van der Waals surface area contributed by atoms with Gasteiger partial charge in [-0.15, -0.1) is 6.42 Å². The highest BCUT2D eigenvalue weighted by Gasteiger charge is 2.55. The maximum atomic E-state index is 10.0. The van der Waals surface area contributed by atoms with Crippen molar-refractivity contribution in [3.05, 3.63) is 0 Å². The van der Waals surface area contributed by atoms with Gasteiger partial charge in [0.05, 0.1) is 5.60 Å². The van der Waals surface area contributed by atoms with Gasteiger partial charge in [0.1, 0.15) is 5.60 Å². The van der Waals surface area contributed by atoms with Gasteiger partial charge in [-0.05, 0) is 27.7 Å². The van der Waals surface area contributed by atoms with Gasteiger partial charge in [0.2, 0.25) is 0 Å². The molecule has 0 aromatic heterocycles. The Kier molecular flexibility index (Phi) is 1.79. The topological polar surface area (TPSA) is 29.5 Å². The molecule has 68 valence electrons. The second kappa shape index (κ2) is 2.25. The van der Waals surface area contributed by atoms with Crippen LogP contribution in [0.5, 0.6) is 0 Å². The Balaban J connectivity index is 3.02. The summed E-state index contributed by atoms with van der Waals surface area (Å²) in [5, 5.41) is 10.0. The first-order chi connectivity index (χ1) is 5.22. The van der Waals surface area contributed by atoms with E-state index < -0.39 is 11.2 Å². The average molecular weight is 168 g/mol. The molecule has 0 amide bonds. The Morgan fingerprint density at radius 3 is 2.00 bits per heavy atom. The molecule has 1 aliphatic heterocycles. The molecular weight excluding hydrogens is 152 g/mol. The highest BCUT2D eigenvalue weighted by Crippen LogP contribution is 2.44. The SMILES string of the molecule is C#CC1(O)CC(C)(C)OC1(C)C. The van der Waals surface area contributed by atoms with Gasteiger partial charge in [-0.3, -0.25) is 0 Å². The van der Waals surface area contributed by atoms with E-state index in [0.29, 0.717) is 6.42 Å². The maximum absolute atomic E-state index is 10.0. The molecule has 0 spiro atoms. The van der Waals surface area contributed by atoms with Gasteiger partial charge < -0.3 is 9.84 Å². The van der Waals surface area contributed by atoms with Gasteiger partial charge in [0.25, 0.3) is 0 Å². The fourth-order valence-corrected chi connectivity index (χ4v) is 1.87. The summed E-state index contributed by atoms with van der Waals surface area (Å²) in [7, 11) is 0. The van der Waals surface area contributed by atoms with Crippen LogP contribution < -0.4 is 0 Å². The molecule has 2 heteroatoms. The van der Waals surface area contributed by atoms with E-state index in [1.54, 1.807) is 0 Å². The quantitative estimate of drug-likeness (QED) is 0.553.